The molecule has 23 heavy (non-hydrogen) atoms. The number of carbonyl (C=O) groups is 1. The molecule has 1 aliphatic heterocycles. The number of rotatable bonds is 2. The summed E-state index contributed by atoms with van der Waals surface area (Å²) in [6.45, 7) is 1.47. The summed E-state index contributed by atoms with van der Waals surface area (Å²) in [5, 5.41) is 0.773. The van der Waals surface area contributed by atoms with E-state index in [1.165, 1.54) is 6.92 Å². The molecule has 5 heteroatoms. The van der Waals surface area contributed by atoms with E-state index < -0.39 is 0 Å². The minimum Gasteiger partial charge on any atom is -0.435 e. The fraction of sp³-hybridized carbons (Fsp3) is 0.0556. The number of hydrogen-bond donors (Lipinski definition) is 0. The standard InChI is InChI=1S/C18H12N2O2S/c1-11(21)15-8-9-18(22-15)19-12-6-7-14-17(10-12)23-16-5-3-2-4-13(16)20-14/h2-10H,1H3/b19-12+. The highest BCUT2D eigenvalue weighted by atomic mass is 32.1. The lowest BCUT2D eigenvalue weighted by Gasteiger charge is -2.05. The van der Waals surface area contributed by atoms with E-state index in [0.717, 1.165) is 26.1 Å². The summed E-state index contributed by atoms with van der Waals surface area (Å²) < 4.78 is 6.54. The van der Waals surface area contributed by atoms with E-state index in [2.05, 4.69) is 16.0 Å². The van der Waals surface area contributed by atoms with Gasteiger partial charge in [-0.25, -0.2) is 9.98 Å². The van der Waals surface area contributed by atoms with Crippen molar-refractivity contribution in [2.45, 2.75) is 6.92 Å². The van der Waals surface area contributed by atoms with E-state index in [1.807, 2.05) is 36.4 Å². The van der Waals surface area contributed by atoms with Crippen LogP contribution < -0.4 is 5.36 Å². The van der Waals surface area contributed by atoms with E-state index in [1.54, 1.807) is 23.5 Å². The zero-order valence-electron chi connectivity index (χ0n) is 12.3. The lowest BCUT2D eigenvalue weighted by molar-refractivity contribution is 0.0988. The number of Topliss-reactive ketones (excluding diaryl/α,β-unsaturated/α-hetero) is 1. The first-order valence-corrected chi connectivity index (χ1v) is 7.96. The van der Waals surface area contributed by atoms with Gasteiger partial charge < -0.3 is 4.42 Å². The van der Waals surface area contributed by atoms with Gasteiger partial charge in [-0.2, -0.15) is 0 Å². The Labute approximate surface area is 136 Å². The Balaban J connectivity index is 1.84. The van der Waals surface area contributed by atoms with Gasteiger partial charge in [0.15, 0.2) is 11.5 Å². The molecule has 1 aliphatic carbocycles. The molecule has 0 bridgehead atoms. The van der Waals surface area contributed by atoms with Crippen LogP contribution in [0.15, 0.2) is 64.0 Å². The van der Waals surface area contributed by atoms with Gasteiger partial charge in [0.05, 0.1) is 26.1 Å². The van der Waals surface area contributed by atoms with Gasteiger partial charge >= 0.3 is 0 Å². The molecule has 2 heterocycles. The third-order valence-electron chi connectivity index (χ3n) is 3.45. The molecule has 0 saturated carbocycles. The number of aromatic nitrogens is 1. The van der Waals surface area contributed by atoms with Gasteiger partial charge in [0.2, 0.25) is 5.88 Å². The molecule has 1 aromatic heterocycles. The molecule has 0 atom stereocenters. The summed E-state index contributed by atoms with van der Waals surface area (Å²) >= 11 is 1.68. The molecule has 112 valence electrons. The second kappa shape index (κ2) is 5.44. The fourth-order valence-corrected chi connectivity index (χ4v) is 3.33. The second-order valence-electron chi connectivity index (χ2n) is 5.14. The van der Waals surface area contributed by atoms with Crippen LogP contribution in [0.3, 0.4) is 0 Å². The molecule has 0 amide bonds. The molecular weight excluding hydrogens is 308 g/mol. The zero-order chi connectivity index (χ0) is 15.8. The van der Waals surface area contributed by atoms with Gasteiger partial charge in [0, 0.05) is 13.0 Å². The van der Waals surface area contributed by atoms with Gasteiger partial charge in [0.1, 0.15) is 0 Å². The highest BCUT2D eigenvalue weighted by molar-refractivity contribution is 7.21. The second-order valence-corrected chi connectivity index (χ2v) is 6.22. The Kier molecular flexibility index (Phi) is 3.28. The molecule has 4 nitrogen and oxygen atoms in total. The van der Waals surface area contributed by atoms with Gasteiger partial charge in [-0.15, -0.1) is 11.3 Å². The number of benzene rings is 2. The van der Waals surface area contributed by atoms with Crippen molar-refractivity contribution in [3.63, 3.8) is 0 Å². The zero-order valence-corrected chi connectivity index (χ0v) is 13.1. The van der Waals surface area contributed by atoms with Crippen LogP contribution in [0, 0.1) is 0 Å². The van der Waals surface area contributed by atoms with Crippen molar-refractivity contribution < 1.29 is 9.21 Å². The maximum absolute atomic E-state index is 11.3. The van der Waals surface area contributed by atoms with E-state index in [9.17, 15) is 4.79 Å². The monoisotopic (exact) mass is 320 g/mol. The minimum atomic E-state index is -0.108. The number of nitrogens with zero attached hydrogens (tertiary/aromatic N) is 2. The average molecular weight is 320 g/mol. The average Bonchev–Trinajstić information content (AvgIpc) is 3.01. The van der Waals surface area contributed by atoms with Crippen molar-refractivity contribution in [1.82, 2.24) is 4.98 Å². The van der Waals surface area contributed by atoms with Crippen LogP contribution in [-0.2, 0) is 0 Å². The topological polar surface area (TPSA) is 55.5 Å². The van der Waals surface area contributed by atoms with Crippen molar-refractivity contribution >= 4 is 33.2 Å². The molecule has 4 rings (SSSR count). The normalized spacial score (nSPS) is 12.1. The van der Waals surface area contributed by atoms with Crippen LogP contribution in [-0.4, -0.2) is 10.8 Å². The van der Waals surface area contributed by atoms with Crippen LogP contribution >= 0.6 is 11.3 Å². The van der Waals surface area contributed by atoms with Crippen LogP contribution in [0.4, 0.5) is 5.88 Å². The Hall–Kier alpha value is -2.79. The van der Waals surface area contributed by atoms with Crippen molar-refractivity contribution in [3.8, 4) is 10.6 Å². The number of fused-ring (bicyclic) bond motifs is 2. The summed E-state index contributed by atoms with van der Waals surface area (Å²) in [4.78, 5) is 21.4. The first-order valence-electron chi connectivity index (χ1n) is 7.14. The highest BCUT2D eigenvalue weighted by Gasteiger charge is 2.07. The van der Waals surface area contributed by atoms with Crippen molar-refractivity contribution in [2.75, 3.05) is 0 Å². The van der Waals surface area contributed by atoms with Gasteiger partial charge in [0.25, 0.3) is 0 Å². The maximum atomic E-state index is 11.3. The quantitative estimate of drug-likeness (QED) is 0.405. The molecular formula is C18H12N2O2S. The summed E-state index contributed by atoms with van der Waals surface area (Å²) in [6.07, 6.45) is 0. The van der Waals surface area contributed by atoms with E-state index in [-0.39, 0.29) is 5.78 Å². The summed E-state index contributed by atoms with van der Waals surface area (Å²) in [7, 11) is 0. The van der Waals surface area contributed by atoms with E-state index in [0.29, 0.717) is 11.6 Å². The van der Waals surface area contributed by atoms with Crippen LogP contribution in [0.5, 0.6) is 0 Å². The first kappa shape index (κ1) is 13.8. The van der Waals surface area contributed by atoms with E-state index >= 15 is 0 Å². The predicted molar refractivity (Wildman–Crippen MR) is 90.2 cm³/mol. The summed E-state index contributed by atoms with van der Waals surface area (Å²) in [6, 6.07) is 17.2. The molecule has 0 N–H and O–H groups in total. The Bertz CT molecular complexity index is 1060. The largest absolute Gasteiger partial charge is 0.435 e. The summed E-state index contributed by atoms with van der Waals surface area (Å²) in [5.41, 5.74) is 1.93. The molecule has 0 saturated heterocycles. The summed E-state index contributed by atoms with van der Waals surface area (Å²) in [5.74, 6) is 0.635. The Morgan fingerprint density at radius 3 is 2.83 bits per heavy atom. The number of carbonyl (C=O) groups excluding carboxylic acids is 1. The predicted octanol–water partition coefficient (Wildman–Crippen LogP) is 4.43. The first-order chi connectivity index (χ1) is 11.2. The van der Waals surface area contributed by atoms with Crippen molar-refractivity contribution in [2.24, 2.45) is 4.99 Å². The van der Waals surface area contributed by atoms with Crippen LogP contribution in [0.2, 0.25) is 0 Å². The molecule has 2 aromatic rings. The molecule has 2 aliphatic rings. The SMILES string of the molecule is CC(=O)c1ccc(/N=c2\ccc3nc4ccccc4sc-3c2)o1. The van der Waals surface area contributed by atoms with Gasteiger partial charge in [-0.05, 0) is 36.4 Å². The molecule has 0 spiro atoms. The smallest absolute Gasteiger partial charge is 0.220 e. The van der Waals surface area contributed by atoms with Crippen molar-refractivity contribution in [3.05, 3.63) is 65.7 Å². The lowest BCUT2D eigenvalue weighted by atomic mass is 10.2. The Morgan fingerprint density at radius 1 is 1.13 bits per heavy atom. The minimum absolute atomic E-state index is 0.108. The molecule has 0 unspecified atom stereocenters. The van der Waals surface area contributed by atoms with Gasteiger partial charge in [-0.3, -0.25) is 4.79 Å². The fourth-order valence-electron chi connectivity index (χ4n) is 2.33. The third-order valence-corrected chi connectivity index (χ3v) is 4.56. The van der Waals surface area contributed by atoms with Crippen LogP contribution in [0.1, 0.15) is 17.5 Å². The van der Waals surface area contributed by atoms with Gasteiger partial charge in [-0.1, -0.05) is 12.1 Å². The maximum Gasteiger partial charge on any atom is 0.220 e. The number of ketones is 1. The number of para-hydroxylation sites is 1. The lowest BCUT2D eigenvalue weighted by Crippen LogP contribution is -2.00. The molecule has 0 fully saturated rings. The Morgan fingerprint density at radius 2 is 2.00 bits per heavy atom. The van der Waals surface area contributed by atoms with Crippen molar-refractivity contribution in [1.29, 1.82) is 0 Å². The van der Waals surface area contributed by atoms with E-state index in [4.69, 9.17) is 4.42 Å². The number of hydrogen-bond acceptors (Lipinski definition) is 5. The third kappa shape index (κ3) is 2.66. The van der Waals surface area contributed by atoms with Crippen LogP contribution in [0.25, 0.3) is 20.8 Å². The highest BCUT2D eigenvalue weighted by Crippen LogP contribution is 2.29. The molecule has 0 radical (unpaired) electrons. The molecule has 1 aromatic carbocycles. The number of furan rings is 1.